The number of nitrogens with one attached hydrogen (secondary N) is 1. The molecule has 28 heavy (non-hydrogen) atoms. The van der Waals surface area contributed by atoms with Crippen LogP contribution in [0.25, 0.3) is 0 Å². The molecule has 1 atom stereocenters. The van der Waals surface area contributed by atoms with E-state index in [1.807, 2.05) is 27.7 Å². The van der Waals surface area contributed by atoms with Gasteiger partial charge in [0.05, 0.1) is 13.2 Å². The molecule has 0 spiro atoms. The Morgan fingerprint density at radius 3 is 2.54 bits per heavy atom. The van der Waals surface area contributed by atoms with Gasteiger partial charge in [0.1, 0.15) is 16.9 Å². The predicted octanol–water partition coefficient (Wildman–Crippen LogP) is 4.43. The van der Waals surface area contributed by atoms with Gasteiger partial charge in [-0.15, -0.1) is 0 Å². The lowest BCUT2D eigenvalue weighted by molar-refractivity contribution is -0.142. The number of esters is 1. The van der Waals surface area contributed by atoms with Gasteiger partial charge in [-0.1, -0.05) is 20.8 Å². The molecule has 1 fully saturated rings. The topological polar surface area (TPSA) is 73.9 Å². The van der Waals surface area contributed by atoms with Crippen LogP contribution >= 0.6 is 0 Å². The zero-order valence-corrected chi connectivity index (χ0v) is 17.7. The molecule has 0 bridgehead atoms. The Bertz CT molecular complexity index is 684. The normalized spacial score (nSPS) is 15.8. The van der Waals surface area contributed by atoms with Crippen molar-refractivity contribution in [2.75, 3.05) is 25.1 Å². The molecule has 1 N–H and O–H groups in total. The van der Waals surface area contributed by atoms with Gasteiger partial charge in [0.25, 0.3) is 5.91 Å². The molecule has 0 unspecified atom stereocenters. The van der Waals surface area contributed by atoms with Gasteiger partial charge in [0.15, 0.2) is 0 Å². The van der Waals surface area contributed by atoms with E-state index < -0.39 is 11.6 Å². The maximum atomic E-state index is 12.9. The Morgan fingerprint density at radius 1 is 1.25 bits per heavy atom. The van der Waals surface area contributed by atoms with Crippen molar-refractivity contribution in [3.05, 3.63) is 23.8 Å². The Morgan fingerprint density at radius 2 is 1.96 bits per heavy atom. The van der Waals surface area contributed by atoms with Crippen LogP contribution in [0.2, 0.25) is 0 Å². The van der Waals surface area contributed by atoms with E-state index in [0.29, 0.717) is 36.1 Å². The van der Waals surface area contributed by atoms with Crippen LogP contribution in [0.1, 0.15) is 64.2 Å². The quantitative estimate of drug-likeness (QED) is 0.565. The van der Waals surface area contributed by atoms with E-state index in [1.165, 1.54) is 0 Å². The van der Waals surface area contributed by atoms with Crippen LogP contribution in [-0.4, -0.2) is 37.3 Å². The van der Waals surface area contributed by atoms with Crippen molar-refractivity contribution in [3.8, 4) is 5.75 Å². The number of carbonyl (C=O) groups is 2. The summed E-state index contributed by atoms with van der Waals surface area (Å²) in [5.41, 5.74) is -0.0211. The zero-order valence-electron chi connectivity index (χ0n) is 17.7. The number of rotatable bonds is 11. The first-order valence-corrected chi connectivity index (χ1v) is 10.2. The first-order valence-electron chi connectivity index (χ1n) is 10.2. The fourth-order valence-corrected chi connectivity index (χ4v) is 2.93. The standard InChI is InChI=1S/C22H33NO5/c1-6-12-28-22(5,16-8-9-16)21(25)23-17-10-11-19(27-14-15(3)4)18(13-17)20(24)26-7-2/h10-11,13,15-16H,6-9,12,14H2,1-5H3,(H,23,25)/t22-/m1/s1. The second-order valence-corrected chi connectivity index (χ2v) is 7.82. The minimum absolute atomic E-state index is 0.186. The Labute approximate surface area is 167 Å². The molecule has 1 amide bonds. The average molecular weight is 392 g/mol. The number of carbonyl (C=O) groups excluding carboxylic acids is 2. The zero-order chi connectivity index (χ0) is 20.7. The van der Waals surface area contributed by atoms with E-state index in [9.17, 15) is 9.59 Å². The third-order valence-corrected chi connectivity index (χ3v) is 4.72. The fraction of sp³-hybridized carbons (Fsp3) is 0.636. The molecule has 1 saturated carbocycles. The van der Waals surface area contributed by atoms with Gasteiger partial charge in [0, 0.05) is 12.3 Å². The molecule has 0 saturated heterocycles. The van der Waals surface area contributed by atoms with Gasteiger partial charge in [-0.3, -0.25) is 4.79 Å². The molecule has 156 valence electrons. The van der Waals surface area contributed by atoms with Crippen molar-refractivity contribution in [1.82, 2.24) is 0 Å². The van der Waals surface area contributed by atoms with Gasteiger partial charge in [-0.2, -0.15) is 0 Å². The van der Waals surface area contributed by atoms with E-state index in [0.717, 1.165) is 19.3 Å². The van der Waals surface area contributed by atoms with E-state index in [4.69, 9.17) is 14.2 Å². The summed E-state index contributed by atoms with van der Waals surface area (Å²) in [6, 6.07) is 5.05. The molecule has 2 rings (SSSR count). The lowest BCUT2D eigenvalue weighted by atomic mass is 9.98. The van der Waals surface area contributed by atoms with Crippen molar-refractivity contribution < 1.29 is 23.8 Å². The molecule has 6 nitrogen and oxygen atoms in total. The third-order valence-electron chi connectivity index (χ3n) is 4.72. The van der Waals surface area contributed by atoms with Gasteiger partial charge >= 0.3 is 5.97 Å². The van der Waals surface area contributed by atoms with E-state index in [-0.39, 0.29) is 18.4 Å². The second-order valence-electron chi connectivity index (χ2n) is 7.82. The summed E-state index contributed by atoms with van der Waals surface area (Å²) in [4.78, 5) is 25.3. The summed E-state index contributed by atoms with van der Waals surface area (Å²) < 4.78 is 16.8. The summed E-state index contributed by atoms with van der Waals surface area (Å²) in [7, 11) is 0. The number of hydrogen-bond donors (Lipinski definition) is 1. The summed E-state index contributed by atoms with van der Waals surface area (Å²) in [5.74, 6) is 0.359. The van der Waals surface area contributed by atoms with Crippen LogP contribution in [0.3, 0.4) is 0 Å². The smallest absolute Gasteiger partial charge is 0.341 e. The first kappa shape index (κ1) is 22.2. The molecule has 1 aromatic rings. The van der Waals surface area contributed by atoms with Gasteiger partial charge in [-0.25, -0.2) is 4.79 Å². The van der Waals surface area contributed by atoms with E-state index >= 15 is 0 Å². The average Bonchev–Trinajstić information content (AvgIpc) is 3.50. The summed E-state index contributed by atoms with van der Waals surface area (Å²) >= 11 is 0. The molecule has 1 aromatic carbocycles. The van der Waals surface area contributed by atoms with Crippen LogP contribution in [0.15, 0.2) is 18.2 Å². The Hall–Kier alpha value is -2.08. The highest BCUT2D eigenvalue weighted by atomic mass is 16.5. The minimum Gasteiger partial charge on any atom is -0.492 e. The SMILES string of the molecule is CCCO[C@@](C)(C(=O)Nc1ccc(OCC(C)C)c(C(=O)OCC)c1)C1CC1. The molecular formula is C22H33NO5. The highest BCUT2D eigenvalue weighted by molar-refractivity contribution is 6.00. The third kappa shape index (κ3) is 5.71. The number of anilines is 1. The van der Waals surface area contributed by atoms with Crippen molar-refractivity contribution in [2.45, 2.75) is 59.5 Å². The molecule has 0 heterocycles. The number of hydrogen-bond acceptors (Lipinski definition) is 5. The van der Waals surface area contributed by atoms with Crippen LogP contribution in [0, 0.1) is 11.8 Å². The molecular weight excluding hydrogens is 358 g/mol. The van der Waals surface area contributed by atoms with Crippen molar-refractivity contribution in [2.24, 2.45) is 11.8 Å². The molecule has 0 aromatic heterocycles. The molecule has 1 aliphatic carbocycles. The minimum atomic E-state index is -0.854. The Kier molecular flexibility index (Phi) is 7.87. The second kappa shape index (κ2) is 9.92. The van der Waals surface area contributed by atoms with Crippen LogP contribution in [-0.2, 0) is 14.3 Å². The lowest BCUT2D eigenvalue weighted by Gasteiger charge is -2.28. The Balaban J connectivity index is 2.21. The van der Waals surface area contributed by atoms with Crippen molar-refractivity contribution >= 4 is 17.6 Å². The van der Waals surface area contributed by atoms with Gasteiger partial charge in [-0.05, 0) is 63.1 Å². The molecule has 0 aliphatic heterocycles. The van der Waals surface area contributed by atoms with Crippen LogP contribution < -0.4 is 10.1 Å². The fourth-order valence-electron chi connectivity index (χ4n) is 2.93. The largest absolute Gasteiger partial charge is 0.492 e. The summed E-state index contributed by atoms with van der Waals surface area (Å²) in [5, 5.41) is 2.91. The monoisotopic (exact) mass is 391 g/mol. The first-order chi connectivity index (χ1) is 13.3. The highest BCUT2D eigenvalue weighted by Crippen LogP contribution is 2.42. The maximum Gasteiger partial charge on any atom is 0.341 e. The summed E-state index contributed by atoms with van der Waals surface area (Å²) in [6.45, 7) is 11.0. The van der Waals surface area contributed by atoms with Crippen molar-refractivity contribution in [3.63, 3.8) is 0 Å². The number of amides is 1. The van der Waals surface area contributed by atoms with E-state index in [1.54, 1.807) is 25.1 Å². The molecule has 1 aliphatic rings. The molecule has 0 radical (unpaired) electrons. The lowest BCUT2D eigenvalue weighted by Crippen LogP contribution is -2.45. The predicted molar refractivity (Wildman–Crippen MR) is 109 cm³/mol. The molecule has 6 heteroatoms. The van der Waals surface area contributed by atoms with E-state index in [2.05, 4.69) is 5.32 Å². The highest BCUT2D eigenvalue weighted by Gasteiger charge is 2.48. The van der Waals surface area contributed by atoms with Gasteiger partial charge < -0.3 is 19.5 Å². The van der Waals surface area contributed by atoms with Crippen LogP contribution in [0.5, 0.6) is 5.75 Å². The van der Waals surface area contributed by atoms with Crippen LogP contribution in [0.4, 0.5) is 5.69 Å². The number of benzene rings is 1. The van der Waals surface area contributed by atoms with Crippen molar-refractivity contribution in [1.29, 1.82) is 0 Å². The maximum absolute atomic E-state index is 12.9. The van der Waals surface area contributed by atoms with Gasteiger partial charge in [0.2, 0.25) is 0 Å². The summed E-state index contributed by atoms with van der Waals surface area (Å²) in [6.07, 6.45) is 2.83. The number of ether oxygens (including phenoxy) is 3.